The number of ether oxygens (including phenoxy) is 1. The van der Waals surface area contributed by atoms with Gasteiger partial charge in [-0.15, -0.1) is 11.3 Å². The predicted octanol–water partition coefficient (Wildman–Crippen LogP) is 3.20. The van der Waals surface area contributed by atoms with E-state index >= 15 is 0 Å². The average molecular weight is 346 g/mol. The number of aliphatic hydroxyl groups excluding tert-OH is 1. The molecule has 1 saturated heterocycles. The molecule has 1 aliphatic rings. The Morgan fingerprint density at radius 1 is 1.42 bits per heavy atom. The van der Waals surface area contributed by atoms with E-state index in [2.05, 4.69) is 4.98 Å². The van der Waals surface area contributed by atoms with Crippen molar-refractivity contribution >= 4 is 17.2 Å². The SMILES string of the molecule is COc1ccccc1-c1nc(C(=O)N2CCCCC2CCO)cs1. The summed E-state index contributed by atoms with van der Waals surface area (Å²) in [6.07, 6.45) is 3.71. The molecule has 3 rings (SSSR count). The Balaban J connectivity index is 1.83. The molecule has 128 valence electrons. The van der Waals surface area contributed by atoms with Crippen LogP contribution in [0.15, 0.2) is 29.6 Å². The largest absolute Gasteiger partial charge is 0.496 e. The van der Waals surface area contributed by atoms with Crippen molar-refractivity contribution in [1.82, 2.24) is 9.88 Å². The third-order valence-electron chi connectivity index (χ3n) is 4.41. The van der Waals surface area contributed by atoms with Crippen LogP contribution in [-0.2, 0) is 0 Å². The predicted molar refractivity (Wildman–Crippen MR) is 94.5 cm³/mol. The van der Waals surface area contributed by atoms with Crippen molar-refractivity contribution < 1.29 is 14.6 Å². The number of amides is 1. The Labute approximate surface area is 145 Å². The third kappa shape index (κ3) is 3.44. The number of piperidine rings is 1. The number of hydrogen-bond donors (Lipinski definition) is 1. The lowest BCUT2D eigenvalue weighted by atomic mass is 9.99. The number of thiazole rings is 1. The molecule has 0 aliphatic carbocycles. The van der Waals surface area contributed by atoms with Gasteiger partial charge in [0, 0.05) is 24.6 Å². The summed E-state index contributed by atoms with van der Waals surface area (Å²) < 4.78 is 5.38. The summed E-state index contributed by atoms with van der Waals surface area (Å²) in [5, 5.41) is 11.8. The quantitative estimate of drug-likeness (QED) is 0.903. The van der Waals surface area contributed by atoms with Gasteiger partial charge in [-0.25, -0.2) is 4.98 Å². The lowest BCUT2D eigenvalue weighted by molar-refractivity contribution is 0.0569. The van der Waals surface area contributed by atoms with Gasteiger partial charge in [0.05, 0.1) is 12.7 Å². The van der Waals surface area contributed by atoms with Crippen molar-refractivity contribution in [1.29, 1.82) is 0 Å². The summed E-state index contributed by atoms with van der Waals surface area (Å²) in [7, 11) is 1.63. The highest BCUT2D eigenvalue weighted by Gasteiger charge is 2.28. The fourth-order valence-electron chi connectivity index (χ4n) is 3.18. The smallest absolute Gasteiger partial charge is 0.273 e. The van der Waals surface area contributed by atoms with E-state index in [1.54, 1.807) is 7.11 Å². The second kappa shape index (κ2) is 7.77. The van der Waals surface area contributed by atoms with E-state index in [-0.39, 0.29) is 18.6 Å². The molecule has 5 nitrogen and oxygen atoms in total. The van der Waals surface area contributed by atoms with Crippen LogP contribution in [0.5, 0.6) is 5.75 Å². The molecular weight excluding hydrogens is 324 g/mol. The van der Waals surface area contributed by atoms with Gasteiger partial charge in [-0.1, -0.05) is 12.1 Å². The number of carbonyl (C=O) groups is 1. The van der Waals surface area contributed by atoms with Gasteiger partial charge in [-0.2, -0.15) is 0 Å². The molecule has 1 amide bonds. The van der Waals surface area contributed by atoms with Crippen molar-refractivity contribution in [3.63, 3.8) is 0 Å². The molecule has 6 heteroatoms. The van der Waals surface area contributed by atoms with Crippen molar-refractivity contribution in [3.8, 4) is 16.3 Å². The molecule has 24 heavy (non-hydrogen) atoms. The lowest BCUT2D eigenvalue weighted by Gasteiger charge is -2.35. The van der Waals surface area contributed by atoms with Crippen LogP contribution in [-0.4, -0.2) is 47.2 Å². The first-order valence-electron chi connectivity index (χ1n) is 8.25. The molecule has 0 bridgehead atoms. The molecule has 1 aliphatic heterocycles. The van der Waals surface area contributed by atoms with Crippen LogP contribution >= 0.6 is 11.3 Å². The number of nitrogens with zero attached hydrogens (tertiary/aromatic N) is 2. The molecule has 0 radical (unpaired) electrons. The molecular formula is C18H22N2O3S. The Morgan fingerprint density at radius 2 is 2.25 bits per heavy atom. The van der Waals surface area contributed by atoms with Crippen LogP contribution in [0.4, 0.5) is 0 Å². The Morgan fingerprint density at radius 3 is 3.04 bits per heavy atom. The molecule has 0 spiro atoms. The average Bonchev–Trinajstić information content (AvgIpc) is 3.12. The minimum absolute atomic E-state index is 0.0365. The van der Waals surface area contributed by atoms with E-state index in [1.807, 2.05) is 34.5 Å². The number of para-hydroxylation sites is 1. The number of hydrogen-bond acceptors (Lipinski definition) is 5. The number of likely N-dealkylation sites (tertiary alicyclic amines) is 1. The molecule has 1 N–H and O–H groups in total. The molecule has 2 aromatic rings. The van der Waals surface area contributed by atoms with Crippen molar-refractivity contribution in [2.45, 2.75) is 31.7 Å². The summed E-state index contributed by atoms with van der Waals surface area (Å²) in [6, 6.07) is 7.80. The third-order valence-corrected chi connectivity index (χ3v) is 5.29. The van der Waals surface area contributed by atoms with Crippen LogP contribution in [0.1, 0.15) is 36.2 Å². The minimum atomic E-state index is -0.0365. The summed E-state index contributed by atoms with van der Waals surface area (Å²) >= 11 is 1.45. The summed E-state index contributed by atoms with van der Waals surface area (Å²) in [5.41, 5.74) is 1.38. The van der Waals surface area contributed by atoms with Gasteiger partial charge < -0.3 is 14.7 Å². The maximum Gasteiger partial charge on any atom is 0.273 e. The maximum atomic E-state index is 12.8. The second-order valence-corrected chi connectivity index (χ2v) is 6.76. The van der Waals surface area contributed by atoms with Crippen LogP contribution in [0.25, 0.3) is 10.6 Å². The van der Waals surface area contributed by atoms with Gasteiger partial charge in [0.1, 0.15) is 16.5 Å². The molecule has 1 atom stereocenters. The molecule has 0 saturated carbocycles. The second-order valence-electron chi connectivity index (χ2n) is 5.90. The topological polar surface area (TPSA) is 62.7 Å². The highest BCUT2D eigenvalue weighted by molar-refractivity contribution is 7.13. The molecule has 1 unspecified atom stereocenters. The standard InChI is InChI=1S/C18H22N2O3S/c1-23-16-8-3-2-7-14(16)17-19-15(12-24-17)18(22)20-10-5-4-6-13(20)9-11-21/h2-3,7-8,12-13,21H,4-6,9-11H2,1H3. The van der Waals surface area contributed by atoms with Gasteiger partial charge in [-0.3, -0.25) is 4.79 Å². The molecule has 2 heterocycles. The van der Waals surface area contributed by atoms with Crippen molar-refractivity contribution in [2.75, 3.05) is 20.3 Å². The molecule has 1 aromatic heterocycles. The molecule has 1 fully saturated rings. The first-order chi connectivity index (χ1) is 11.7. The van der Waals surface area contributed by atoms with Crippen LogP contribution in [0.3, 0.4) is 0 Å². The number of aliphatic hydroxyl groups is 1. The van der Waals surface area contributed by atoms with E-state index in [0.29, 0.717) is 12.1 Å². The number of carbonyl (C=O) groups excluding carboxylic acids is 1. The van der Waals surface area contributed by atoms with E-state index in [0.717, 1.165) is 42.1 Å². The van der Waals surface area contributed by atoms with Crippen LogP contribution in [0, 0.1) is 0 Å². The fraction of sp³-hybridized carbons (Fsp3) is 0.444. The normalized spacial score (nSPS) is 17.8. The monoisotopic (exact) mass is 346 g/mol. The van der Waals surface area contributed by atoms with E-state index in [1.165, 1.54) is 11.3 Å². The fourth-order valence-corrected chi connectivity index (χ4v) is 4.00. The van der Waals surface area contributed by atoms with Gasteiger partial charge >= 0.3 is 0 Å². The number of methoxy groups -OCH3 is 1. The molecule has 1 aromatic carbocycles. The highest BCUT2D eigenvalue weighted by Crippen LogP contribution is 2.32. The Kier molecular flexibility index (Phi) is 5.48. The van der Waals surface area contributed by atoms with Crippen molar-refractivity contribution in [2.24, 2.45) is 0 Å². The zero-order chi connectivity index (χ0) is 16.9. The van der Waals surface area contributed by atoms with Crippen molar-refractivity contribution in [3.05, 3.63) is 35.3 Å². The Bertz CT molecular complexity index is 699. The van der Waals surface area contributed by atoms with E-state index in [4.69, 9.17) is 4.74 Å². The van der Waals surface area contributed by atoms with Crippen LogP contribution in [0.2, 0.25) is 0 Å². The zero-order valence-corrected chi connectivity index (χ0v) is 14.6. The van der Waals surface area contributed by atoms with Gasteiger partial charge in [0.2, 0.25) is 0 Å². The number of benzene rings is 1. The summed E-state index contributed by atoms with van der Waals surface area (Å²) in [5.74, 6) is 0.715. The number of rotatable bonds is 5. The Hall–Kier alpha value is -1.92. The summed E-state index contributed by atoms with van der Waals surface area (Å²) in [6.45, 7) is 0.850. The highest BCUT2D eigenvalue weighted by atomic mass is 32.1. The number of aromatic nitrogens is 1. The van der Waals surface area contributed by atoms with Gasteiger partial charge in [-0.05, 0) is 37.8 Å². The minimum Gasteiger partial charge on any atom is -0.496 e. The van der Waals surface area contributed by atoms with Crippen LogP contribution < -0.4 is 4.74 Å². The van der Waals surface area contributed by atoms with Gasteiger partial charge in [0.25, 0.3) is 5.91 Å². The lowest BCUT2D eigenvalue weighted by Crippen LogP contribution is -2.44. The maximum absolute atomic E-state index is 12.8. The first kappa shape index (κ1) is 16.9. The zero-order valence-electron chi connectivity index (χ0n) is 13.8. The first-order valence-corrected chi connectivity index (χ1v) is 9.13. The van der Waals surface area contributed by atoms with E-state index < -0.39 is 0 Å². The summed E-state index contributed by atoms with van der Waals surface area (Å²) in [4.78, 5) is 19.3. The van der Waals surface area contributed by atoms with E-state index in [9.17, 15) is 9.90 Å². The van der Waals surface area contributed by atoms with Gasteiger partial charge in [0.15, 0.2) is 0 Å².